The zero-order chi connectivity index (χ0) is 14.8. The van der Waals surface area contributed by atoms with E-state index in [2.05, 4.69) is 12.2 Å². The molecule has 4 nitrogen and oxygen atoms in total. The third kappa shape index (κ3) is 3.39. The Morgan fingerprint density at radius 3 is 2.55 bits per heavy atom. The number of benzene rings is 1. The molecule has 5 heteroatoms. The van der Waals surface area contributed by atoms with Crippen LogP contribution in [0, 0.1) is 17.8 Å². The largest absolute Gasteiger partial charge is 0.494 e. The molecule has 0 aromatic heterocycles. The van der Waals surface area contributed by atoms with Gasteiger partial charge in [0.15, 0.2) is 0 Å². The zero-order valence-electron chi connectivity index (χ0n) is 13.0. The highest BCUT2D eigenvalue weighted by Crippen LogP contribution is 2.47. The molecule has 2 aliphatic rings. The lowest BCUT2D eigenvalue weighted by molar-refractivity contribution is -0.121. The summed E-state index contributed by atoms with van der Waals surface area (Å²) in [4.78, 5) is 12.4. The molecule has 4 unspecified atom stereocenters. The van der Waals surface area contributed by atoms with Gasteiger partial charge in [0.05, 0.1) is 12.5 Å². The summed E-state index contributed by atoms with van der Waals surface area (Å²) in [5, 5.41) is 3.01. The monoisotopic (exact) mass is 324 g/mol. The number of ether oxygens (including phenoxy) is 1. The fourth-order valence-electron chi connectivity index (χ4n) is 3.80. The first-order valence-corrected chi connectivity index (χ1v) is 7.98. The highest BCUT2D eigenvalue weighted by molar-refractivity contribution is 5.93. The van der Waals surface area contributed by atoms with Crippen molar-refractivity contribution < 1.29 is 9.53 Å². The van der Waals surface area contributed by atoms with E-state index in [0.29, 0.717) is 18.4 Å². The molecule has 0 saturated heterocycles. The van der Waals surface area contributed by atoms with Crippen LogP contribution in [-0.2, 0) is 4.79 Å². The molecule has 0 aliphatic heterocycles. The summed E-state index contributed by atoms with van der Waals surface area (Å²) < 4.78 is 5.54. The molecule has 1 aromatic carbocycles. The summed E-state index contributed by atoms with van der Waals surface area (Å²) in [6, 6.07) is 7.61. The quantitative estimate of drug-likeness (QED) is 0.874. The van der Waals surface area contributed by atoms with Crippen LogP contribution in [0.25, 0.3) is 0 Å². The Balaban J connectivity index is 0.00000176. The van der Waals surface area contributed by atoms with Gasteiger partial charge in [-0.1, -0.05) is 6.92 Å². The summed E-state index contributed by atoms with van der Waals surface area (Å²) in [6.07, 6.45) is 4.46. The van der Waals surface area contributed by atoms with Crippen molar-refractivity contribution in [1.29, 1.82) is 0 Å². The smallest absolute Gasteiger partial charge is 0.229 e. The van der Waals surface area contributed by atoms with Gasteiger partial charge in [0.1, 0.15) is 5.75 Å². The minimum absolute atomic E-state index is 0. The Morgan fingerprint density at radius 2 is 1.95 bits per heavy atom. The van der Waals surface area contributed by atoms with Gasteiger partial charge < -0.3 is 15.8 Å². The number of hydrogen-bond acceptors (Lipinski definition) is 3. The number of halogens is 1. The van der Waals surface area contributed by atoms with Crippen LogP contribution < -0.4 is 15.8 Å². The van der Waals surface area contributed by atoms with E-state index in [1.807, 2.05) is 24.3 Å². The van der Waals surface area contributed by atoms with Crippen molar-refractivity contribution in [3.8, 4) is 5.75 Å². The van der Waals surface area contributed by atoms with Gasteiger partial charge in [-0.25, -0.2) is 0 Å². The van der Waals surface area contributed by atoms with Crippen molar-refractivity contribution in [1.82, 2.24) is 0 Å². The van der Waals surface area contributed by atoms with E-state index in [4.69, 9.17) is 10.5 Å². The maximum atomic E-state index is 12.4. The Morgan fingerprint density at radius 1 is 1.27 bits per heavy atom. The minimum atomic E-state index is -0.0141. The Hall–Kier alpha value is -1.26. The summed E-state index contributed by atoms with van der Waals surface area (Å²) in [5.74, 6) is 1.94. The van der Waals surface area contributed by atoms with Crippen LogP contribution >= 0.6 is 12.4 Å². The normalized spacial score (nSPS) is 29.0. The molecule has 1 amide bonds. The van der Waals surface area contributed by atoms with Crippen molar-refractivity contribution in [3.63, 3.8) is 0 Å². The van der Waals surface area contributed by atoms with Crippen LogP contribution in [-0.4, -0.2) is 18.6 Å². The van der Waals surface area contributed by atoms with Gasteiger partial charge in [-0.2, -0.15) is 0 Å². The summed E-state index contributed by atoms with van der Waals surface area (Å²) in [6.45, 7) is 2.79. The second-order valence-electron chi connectivity index (χ2n) is 6.30. The second-order valence-corrected chi connectivity index (χ2v) is 6.30. The van der Waals surface area contributed by atoms with Gasteiger partial charge in [0.2, 0.25) is 5.91 Å². The number of nitrogens with two attached hydrogens (primary N) is 1. The summed E-state index contributed by atoms with van der Waals surface area (Å²) >= 11 is 0. The lowest BCUT2D eigenvalue weighted by Gasteiger charge is -2.27. The predicted molar refractivity (Wildman–Crippen MR) is 90.4 cm³/mol. The van der Waals surface area contributed by atoms with E-state index >= 15 is 0 Å². The molecule has 2 aliphatic carbocycles. The Bertz CT molecular complexity index is 504. The highest BCUT2D eigenvalue weighted by atomic mass is 35.5. The number of amides is 1. The molecule has 0 radical (unpaired) electrons. The maximum Gasteiger partial charge on any atom is 0.229 e. The number of carbonyl (C=O) groups is 1. The topological polar surface area (TPSA) is 64.3 Å². The van der Waals surface area contributed by atoms with E-state index in [1.54, 1.807) is 0 Å². The molecule has 2 fully saturated rings. The van der Waals surface area contributed by atoms with Crippen LogP contribution in [0.1, 0.15) is 32.6 Å². The molecule has 3 N–H and O–H groups in total. The van der Waals surface area contributed by atoms with E-state index in [0.717, 1.165) is 30.7 Å². The fourth-order valence-corrected chi connectivity index (χ4v) is 3.80. The maximum absolute atomic E-state index is 12.4. The molecule has 0 heterocycles. The van der Waals surface area contributed by atoms with Crippen LogP contribution in [0.3, 0.4) is 0 Å². The number of hydrogen-bond donors (Lipinski definition) is 2. The van der Waals surface area contributed by atoms with Crippen LogP contribution in [0.2, 0.25) is 0 Å². The third-order valence-corrected chi connectivity index (χ3v) is 4.88. The fraction of sp³-hybridized carbons (Fsp3) is 0.588. The molecular weight excluding hydrogens is 300 g/mol. The van der Waals surface area contributed by atoms with Gasteiger partial charge >= 0.3 is 0 Å². The Kier molecular flexibility index (Phi) is 5.70. The number of nitrogens with one attached hydrogen (secondary N) is 1. The lowest BCUT2D eigenvalue weighted by Crippen LogP contribution is -2.42. The van der Waals surface area contributed by atoms with E-state index in [-0.39, 0.29) is 30.3 Å². The molecule has 122 valence electrons. The van der Waals surface area contributed by atoms with Crippen LogP contribution in [0.5, 0.6) is 5.75 Å². The summed E-state index contributed by atoms with van der Waals surface area (Å²) in [5.41, 5.74) is 7.04. The average molecular weight is 325 g/mol. The van der Waals surface area contributed by atoms with E-state index in [1.165, 1.54) is 6.42 Å². The molecule has 1 aromatic rings. The molecular formula is C17H25ClN2O2. The van der Waals surface area contributed by atoms with Gasteiger partial charge in [-0.05, 0) is 61.8 Å². The standard InChI is InChI=1S/C17H24N2O2.ClH/c1-2-9-21-14-7-5-13(6-8-14)19-17(20)15-11-3-4-12(10-11)16(15)18;/h5-8,11-12,15-16H,2-4,9-10,18H2,1H3,(H,19,20);1H. The Labute approximate surface area is 138 Å². The first kappa shape index (κ1) is 17.1. The van der Waals surface area contributed by atoms with E-state index < -0.39 is 0 Å². The number of rotatable bonds is 5. The molecule has 0 spiro atoms. The molecule has 2 bridgehead atoms. The van der Waals surface area contributed by atoms with Crippen LogP contribution in [0.15, 0.2) is 24.3 Å². The highest BCUT2D eigenvalue weighted by Gasteiger charge is 2.49. The number of anilines is 1. The van der Waals surface area contributed by atoms with Crippen molar-refractivity contribution >= 4 is 24.0 Å². The molecule has 22 heavy (non-hydrogen) atoms. The first-order valence-electron chi connectivity index (χ1n) is 7.98. The SMILES string of the molecule is CCCOc1ccc(NC(=O)C2C3CCC(C3)C2N)cc1.Cl. The molecule has 3 rings (SSSR count). The van der Waals surface area contributed by atoms with Gasteiger partial charge in [-0.3, -0.25) is 4.79 Å². The van der Waals surface area contributed by atoms with Gasteiger partial charge in [-0.15, -0.1) is 12.4 Å². The van der Waals surface area contributed by atoms with Crippen molar-refractivity contribution in [2.24, 2.45) is 23.5 Å². The number of carbonyl (C=O) groups excluding carboxylic acids is 1. The van der Waals surface area contributed by atoms with Crippen molar-refractivity contribution in [3.05, 3.63) is 24.3 Å². The molecule has 4 atom stereocenters. The van der Waals surface area contributed by atoms with E-state index in [9.17, 15) is 4.79 Å². The van der Waals surface area contributed by atoms with Crippen LogP contribution in [0.4, 0.5) is 5.69 Å². The van der Waals surface area contributed by atoms with Crippen molar-refractivity contribution in [2.45, 2.75) is 38.6 Å². The third-order valence-electron chi connectivity index (χ3n) is 4.88. The number of fused-ring (bicyclic) bond motifs is 2. The predicted octanol–water partition coefficient (Wildman–Crippen LogP) is 3.21. The minimum Gasteiger partial charge on any atom is -0.494 e. The lowest BCUT2D eigenvalue weighted by atomic mass is 9.84. The first-order chi connectivity index (χ1) is 10.2. The van der Waals surface area contributed by atoms with Gasteiger partial charge in [0.25, 0.3) is 0 Å². The molecule has 2 saturated carbocycles. The second kappa shape index (κ2) is 7.34. The average Bonchev–Trinajstić information content (AvgIpc) is 3.07. The zero-order valence-corrected chi connectivity index (χ0v) is 13.8. The summed E-state index contributed by atoms with van der Waals surface area (Å²) in [7, 11) is 0. The van der Waals surface area contributed by atoms with Crippen molar-refractivity contribution in [2.75, 3.05) is 11.9 Å². The van der Waals surface area contributed by atoms with Gasteiger partial charge in [0, 0.05) is 11.7 Å².